The average Bonchev–Trinajstić information content (AvgIpc) is 2.20. The molecule has 0 fully saturated rings. The summed E-state index contributed by atoms with van der Waals surface area (Å²) in [4.78, 5) is 0. The van der Waals surface area contributed by atoms with Crippen molar-refractivity contribution < 1.29 is 5.11 Å². The van der Waals surface area contributed by atoms with Crippen LogP contribution in [0.1, 0.15) is 30.5 Å². The fraction of sp³-hybridized carbons (Fsp3) is 0.364. The predicted molar refractivity (Wildman–Crippen MR) is 54.6 cm³/mol. The van der Waals surface area contributed by atoms with Crippen LogP contribution in [0, 0.1) is 11.3 Å². The van der Waals surface area contributed by atoms with Crippen molar-refractivity contribution in [2.45, 2.75) is 25.8 Å². The van der Waals surface area contributed by atoms with Crippen LogP contribution < -0.4 is 5.73 Å². The van der Waals surface area contributed by atoms with Gasteiger partial charge in [0, 0.05) is 5.56 Å². The van der Waals surface area contributed by atoms with Crippen LogP contribution in [0.15, 0.2) is 18.2 Å². The van der Waals surface area contributed by atoms with Crippen LogP contribution in [-0.4, -0.2) is 5.11 Å². The molecule has 1 aromatic rings. The highest BCUT2D eigenvalue weighted by Crippen LogP contribution is 2.24. The molecule has 3 heteroatoms. The second-order valence-electron chi connectivity index (χ2n) is 3.25. The fourth-order valence-electron chi connectivity index (χ4n) is 1.37. The van der Waals surface area contributed by atoms with Gasteiger partial charge in [-0.15, -0.1) is 0 Å². The van der Waals surface area contributed by atoms with Gasteiger partial charge in [-0.05, 0) is 24.1 Å². The molecule has 1 aromatic carbocycles. The molecule has 0 radical (unpaired) electrons. The quantitative estimate of drug-likeness (QED) is 0.764. The summed E-state index contributed by atoms with van der Waals surface area (Å²) in [7, 11) is 0. The first-order chi connectivity index (χ1) is 6.69. The number of phenols is 1. The van der Waals surface area contributed by atoms with Crippen molar-refractivity contribution in [3.63, 3.8) is 0 Å². The summed E-state index contributed by atoms with van der Waals surface area (Å²) in [5.41, 5.74) is 7.15. The molecule has 0 aliphatic carbocycles. The number of aryl methyl sites for hydroxylation is 1. The first-order valence-corrected chi connectivity index (χ1v) is 4.66. The number of hydrogen-bond donors (Lipinski definition) is 2. The lowest BCUT2D eigenvalue weighted by atomic mass is 10.0. The number of hydrogen-bond acceptors (Lipinski definition) is 3. The van der Waals surface area contributed by atoms with E-state index in [1.807, 2.05) is 12.1 Å². The van der Waals surface area contributed by atoms with E-state index in [-0.39, 0.29) is 5.75 Å². The molecule has 0 aromatic heterocycles. The van der Waals surface area contributed by atoms with Gasteiger partial charge in [-0.3, -0.25) is 0 Å². The Morgan fingerprint density at radius 1 is 1.57 bits per heavy atom. The molecule has 14 heavy (non-hydrogen) atoms. The molecule has 0 amide bonds. The minimum Gasteiger partial charge on any atom is -0.508 e. The number of phenolic OH excluding ortho intramolecular Hbond substituents is 1. The number of benzene rings is 1. The van der Waals surface area contributed by atoms with Gasteiger partial charge in [0.15, 0.2) is 0 Å². The van der Waals surface area contributed by atoms with Crippen LogP contribution in [0.5, 0.6) is 5.75 Å². The maximum Gasteiger partial charge on any atom is 0.122 e. The number of aromatic hydroxyl groups is 1. The van der Waals surface area contributed by atoms with Crippen molar-refractivity contribution in [1.29, 1.82) is 5.26 Å². The first-order valence-electron chi connectivity index (χ1n) is 4.66. The molecule has 3 nitrogen and oxygen atoms in total. The molecule has 0 bridgehead atoms. The maximum atomic E-state index is 9.47. The molecule has 0 unspecified atom stereocenters. The van der Waals surface area contributed by atoms with Crippen LogP contribution in [0.2, 0.25) is 0 Å². The van der Waals surface area contributed by atoms with E-state index < -0.39 is 6.04 Å². The van der Waals surface area contributed by atoms with Crippen LogP contribution in [0.4, 0.5) is 0 Å². The number of rotatable bonds is 3. The molecule has 1 rings (SSSR count). The van der Waals surface area contributed by atoms with Crippen molar-refractivity contribution >= 4 is 0 Å². The molecule has 0 heterocycles. The second-order valence-corrected chi connectivity index (χ2v) is 3.25. The SMILES string of the molecule is CCCc1ccc(O)c([C@@H](N)C#N)c1. The lowest BCUT2D eigenvalue weighted by Crippen LogP contribution is -2.07. The van der Waals surface area contributed by atoms with Gasteiger partial charge < -0.3 is 10.8 Å². The van der Waals surface area contributed by atoms with Crippen molar-refractivity contribution in [1.82, 2.24) is 0 Å². The summed E-state index contributed by atoms with van der Waals surface area (Å²) in [6.07, 6.45) is 1.97. The minimum absolute atomic E-state index is 0.0962. The highest BCUT2D eigenvalue weighted by molar-refractivity contribution is 5.40. The number of nitrogens with zero attached hydrogens (tertiary/aromatic N) is 1. The van der Waals surface area contributed by atoms with E-state index >= 15 is 0 Å². The zero-order chi connectivity index (χ0) is 10.6. The Hall–Kier alpha value is -1.53. The lowest BCUT2D eigenvalue weighted by Gasteiger charge is -2.08. The van der Waals surface area contributed by atoms with Gasteiger partial charge in [0.1, 0.15) is 11.8 Å². The normalized spacial score (nSPS) is 12.1. The average molecular weight is 190 g/mol. The monoisotopic (exact) mass is 190 g/mol. The molecular weight excluding hydrogens is 176 g/mol. The van der Waals surface area contributed by atoms with E-state index in [4.69, 9.17) is 11.0 Å². The Bertz CT molecular complexity index is 355. The molecule has 0 aliphatic heterocycles. The molecule has 0 aliphatic rings. The second kappa shape index (κ2) is 4.64. The summed E-state index contributed by atoms with van der Waals surface area (Å²) in [6.45, 7) is 2.08. The van der Waals surface area contributed by atoms with E-state index in [9.17, 15) is 5.11 Å². The Balaban J connectivity index is 3.03. The highest BCUT2D eigenvalue weighted by atomic mass is 16.3. The van der Waals surface area contributed by atoms with Gasteiger partial charge in [0.25, 0.3) is 0 Å². The Morgan fingerprint density at radius 2 is 2.29 bits per heavy atom. The summed E-state index contributed by atoms with van der Waals surface area (Å²) < 4.78 is 0. The molecule has 0 saturated carbocycles. The summed E-state index contributed by atoms with van der Waals surface area (Å²) >= 11 is 0. The summed E-state index contributed by atoms with van der Waals surface area (Å²) in [6, 6.07) is 6.41. The predicted octanol–water partition coefficient (Wildman–Crippen LogP) is 1.87. The molecule has 1 atom stereocenters. The smallest absolute Gasteiger partial charge is 0.122 e. The van der Waals surface area contributed by atoms with Gasteiger partial charge in [0.05, 0.1) is 6.07 Å². The maximum absolute atomic E-state index is 9.47. The molecule has 3 N–H and O–H groups in total. The van der Waals surface area contributed by atoms with E-state index in [1.54, 1.807) is 12.1 Å². The van der Waals surface area contributed by atoms with E-state index in [1.165, 1.54) is 0 Å². The third kappa shape index (κ3) is 2.24. The largest absolute Gasteiger partial charge is 0.508 e. The summed E-state index contributed by atoms with van der Waals surface area (Å²) in [5.74, 6) is 0.0962. The van der Waals surface area contributed by atoms with Crippen molar-refractivity contribution in [2.75, 3.05) is 0 Å². The molecule has 0 saturated heterocycles. The standard InChI is InChI=1S/C11H14N2O/c1-2-3-8-4-5-11(14)9(6-8)10(13)7-12/h4-6,10,14H,2-3,13H2,1H3/t10-/m0/s1. The van der Waals surface area contributed by atoms with E-state index in [0.717, 1.165) is 18.4 Å². The number of nitriles is 1. The minimum atomic E-state index is -0.744. The topological polar surface area (TPSA) is 70.0 Å². The number of nitrogens with two attached hydrogens (primary N) is 1. The Labute approximate surface area is 83.8 Å². The third-order valence-electron chi connectivity index (χ3n) is 2.10. The first kappa shape index (κ1) is 10.6. The van der Waals surface area contributed by atoms with E-state index in [2.05, 4.69) is 6.92 Å². The third-order valence-corrected chi connectivity index (χ3v) is 2.10. The van der Waals surface area contributed by atoms with Gasteiger partial charge in [-0.25, -0.2) is 0 Å². The van der Waals surface area contributed by atoms with E-state index in [0.29, 0.717) is 5.56 Å². The van der Waals surface area contributed by atoms with Crippen molar-refractivity contribution in [3.8, 4) is 11.8 Å². The van der Waals surface area contributed by atoms with Gasteiger partial charge >= 0.3 is 0 Å². The van der Waals surface area contributed by atoms with Crippen LogP contribution in [0.25, 0.3) is 0 Å². The Kier molecular flexibility index (Phi) is 3.49. The van der Waals surface area contributed by atoms with Gasteiger partial charge in [-0.1, -0.05) is 19.4 Å². The Morgan fingerprint density at radius 3 is 2.86 bits per heavy atom. The van der Waals surface area contributed by atoms with Crippen molar-refractivity contribution in [2.24, 2.45) is 5.73 Å². The van der Waals surface area contributed by atoms with Gasteiger partial charge in [0.2, 0.25) is 0 Å². The van der Waals surface area contributed by atoms with Crippen LogP contribution in [0.3, 0.4) is 0 Å². The summed E-state index contributed by atoms with van der Waals surface area (Å²) in [5, 5.41) is 18.1. The zero-order valence-electron chi connectivity index (χ0n) is 8.20. The molecule has 74 valence electrons. The molecule has 0 spiro atoms. The highest BCUT2D eigenvalue weighted by Gasteiger charge is 2.10. The molecular formula is C11H14N2O. The lowest BCUT2D eigenvalue weighted by molar-refractivity contribution is 0.466. The fourth-order valence-corrected chi connectivity index (χ4v) is 1.37. The van der Waals surface area contributed by atoms with Crippen LogP contribution >= 0.6 is 0 Å². The van der Waals surface area contributed by atoms with Crippen molar-refractivity contribution in [3.05, 3.63) is 29.3 Å². The zero-order valence-corrected chi connectivity index (χ0v) is 8.20. The van der Waals surface area contributed by atoms with Crippen LogP contribution in [-0.2, 0) is 6.42 Å². The van der Waals surface area contributed by atoms with Gasteiger partial charge in [-0.2, -0.15) is 5.26 Å².